The van der Waals surface area contributed by atoms with Crippen LogP contribution in [-0.2, 0) is 4.79 Å². The van der Waals surface area contributed by atoms with Crippen LogP contribution in [0.3, 0.4) is 0 Å². The van der Waals surface area contributed by atoms with Gasteiger partial charge in [0, 0.05) is 5.02 Å². The fraction of sp³-hybridized carbons (Fsp3) is 0.211. The lowest BCUT2D eigenvalue weighted by Gasteiger charge is -2.15. The number of rotatable bonds is 6. The third-order valence-corrected chi connectivity index (χ3v) is 5.25. The molecule has 27 heavy (non-hydrogen) atoms. The number of nitrogens with zero attached hydrogens (tertiary/aromatic N) is 3. The van der Waals surface area contributed by atoms with Crippen LogP contribution in [0.25, 0.3) is 5.69 Å². The average Bonchev–Trinajstić information content (AvgIpc) is 3.10. The van der Waals surface area contributed by atoms with Gasteiger partial charge in [0.2, 0.25) is 5.91 Å². The molecule has 0 radical (unpaired) electrons. The van der Waals surface area contributed by atoms with E-state index in [9.17, 15) is 4.79 Å². The molecule has 0 saturated carbocycles. The van der Waals surface area contributed by atoms with Gasteiger partial charge in [-0.3, -0.25) is 9.36 Å². The number of methoxy groups -OCH3 is 1. The molecular weight excluding hydrogens is 384 g/mol. The summed E-state index contributed by atoms with van der Waals surface area (Å²) in [5.74, 6) is 0.368. The molecule has 0 unspecified atom stereocenters. The summed E-state index contributed by atoms with van der Waals surface area (Å²) in [6.07, 6.45) is 1.65. The third kappa shape index (κ3) is 4.43. The van der Waals surface area contributed by atoms with E-state index in [-0.39, 0.29) is 5.91 Å². The average molecular weight is 403 g/mol. The first-order valence-electron chi connectivity index (χ1n) is 8.26. The van der Waals surface area contributed by atoms with Crippen molar-refractivity contribution in [3.8, 4) is 11.4 Å². The molecule has 8 heteroatoms. The van der Waals surface area contributed by atoms with Gasteiger partial charge in [-0.25, -0.2) is 0 Å². The van der Waals surface area contributed by atoms with Crippen LogP contribution < -0.4 is 10.1 Å². The molecule has 1 aromatic heterocycles. The third-order valence-electron chi connectivity index (χ3n) is 3.96. The molecular formula is C19H19ClN4O2S. The summed E-state index contributed by atoms with van der Waals surface area (Å²) in [6, 6.07) is 13.0. The Morgan fingerprint density at radius 1 is 1.30 bits per heavy atom. The highest BCUT2D eigenvalue weighted by Gasteiger charge is 2.20. The number of para-hydroxylation sites is 1. The topological polar surface area (TPSA) is 69.0 Å². The Bertz CT molecular complexity index is 960. The normalized spacial score (nSPS) is 11.9. The highest BCUT2D eigenvalue weighted by molar-refractivity contribution is 8.00. The monoisotopic (exact) mass is 402 g/mol. The van der Waals surface area contributed by atoms with Crippen molar-refractivity contribution in [3.63, 3.8) is 0 Å². The quantitative estimate of drug-likeness (QED) is 0.620. The van der Waals surface area contributed by atoms with Crippen molar-refractivity contribution in [2.75, 3.05) is 12.4 Å². The van der Waals surface area contributed by atoms with E-state index in [2.05, 4.69) is 15.5 Å². The fourth-order valence-electron chi connectivity index (χ4n) is 2.53. The minimum absolute atomic E-state index is 0.181. The molecule has 140 valence electrons. The highest BCUT2D eigenvalue weighted by atomic mass is 35.5. The molecule has 0 fully saturated rings. The zero-order valence-electron chi connectivity index (χ0n) is 15.1. The summed E-state index contributed by atoms with van der Waals surface area (Å²) in [6.45, 7) is 3.83. The van der Waals surface area contributed by atoms with Crippen molar-refractivity contribution in [1.82, 2.24) is 14.8 Å². The second kappa shape index (κ2) is 8.45. The predicted octanol–water partition coefficient (Wildman–Crippen LogP) is 4.36. The second-order valence-electron chi connectivity index (χ2n) is 5.86. The van der Waals surface area contributed by atoms with Crippen molar-refractivity contribution in [1.29, 1.82) is 0 Å². The van der Waals surface area contributed by atoms with Gasteiger partial charge < -0.3 is 10.1 Å². The van der Waals surface area contributed by atoms with Gasteiger partial charge in [-0.15, -0.1) is 10.2 Å². The summed E-state index contributed by atoms with van der Waals surface area (Å²) in [4.78, 5) is 12.6. The molecule has 0 aliphatic rings. The maximum absolute atomic E-state index is 12.6. The number of anilines is 1. The molecule has 0 saturated heterocycles. The predicted molar refractivity (Wildman–Crippen MR) is 108 cm³/mol. The SMILES string of the molecule is COc1ccc(Cl)cc1NC(=O)[C@@H](C)Sc1nncn1-c1ccccc1C. The van der Waals surface area contributed by atoms with Crippen molar-refractivity contribution in [3.05, 3.63) is 59.4 Å². The number of aryl methyl sites for hydroxylation is 1. The van der Waals surface area contributed by atoms with Gasteiger partial charge in [-0.1, -0.05) is 41.6 Å². The van der Waals surface area contributed by atoms with E-state index in [0.29, 0.717) is 21.6 Å². The first-order chi connectivity index (χ1) is 13.0. The molecule has 0 spiro atoms. The largest absolute Gasteiger partial charge is 0.495 e. The molecule has 1 N–H and O–H groups in total. The number of amides is 1. The summed E-state index contributed by atoms with van der Waals surface area (Å²) in [5.41, 5.74) is 2.61. The van der Waals surface area contributed by atoms with Gasteiger partial charge in [-0.2, -0.15) is 0 Å². The van der Waals surface area contributed by atoms with Crippen LogP contribution in [0.2, 0.25) is 5.02 Å². The fourth-order valence-corrected chi connectivity index (χ4v) is 3.54. The Morgan fingerprint density at radius 2 is 2.07 bits per heavy atom. The lowest BCUT2D eigenvalue weighted by atomic mass is 10.2. The van der Waals surface area contributed by atoms with E-state index in [1.54, 1.807) is 31.6 Å². The first-order valence-corrected chi connectivity index (χ1v) is 9.52. The van der Waals surface area contributed by atoms with E-state index in [1.165, 1.54) is 11.8 Å². The summed E-state index contributed by atoms with van der Waals surface area (Å²) < 4.78 is 7.15. The number of nitrogens with one attached hydrogen (secondary N) is 1. The van der Waals surface area contributed by atoms with Gasteiger partial charge >= 0.3 is 0 Å². The van der Waals surface area contributed by atoms with Crippen molar-refractivity contribution in [2.45, 2.75) is 24.3 Å². The van der Waals surface area contributed by atoms with Gasteiger partial charge in [0.05, 0.1) is 23.7 Å². The maximum Gasteiger partial charge on any atom is 0.237 e. The first kappa shape index (κ1) is 19.3. The van der Waals surface area contributed by atoms with E-state index >= 15 is 0 Å². The standard InChI is InChI=1S/C19H19ClN4O2S/c1-12-6-4-5-7-16(12)24-11-21-23-19(24)27-13(2)18(25)22-15-10-14(20)8-9-17(15)26-3/h4-11,13H,1-3H3,(H,22,25)/t13-/m1/s1. The minimum Gasteiger partial charge on any atom is -0.495 e. The summed E-state index contributed by atoms with van der Waals surface area (Å²) >= 11 is 7.35. The van der Waals surface area contributed by atoms with Crippen molar-refractivity contribution < 1.29 is 9.53 Å². The Labute approximate surface area is 166 Å². The van der Waals surface area contributed by atoms with Crippen LogP contribution in [0.5, 0.6) is 5.75 Å². The lowest BCUT2D eigenvalue weighted by molar-refractivity contribution is -0.115. The van der Waals surface area contributed by atoms with Crippen LogP contribution in [0.4, 0.5) is 5.69 Å². The van der Waals surface area contributed by atoms with E-state index in [1.807, 2.05) is 42.7 Å². The molecule has 1 heterocycles. The van der Waals surface area contributed by atoms with Crippen molar-refractivity contribution >= 4 is 35.0 Å². The Balaban J connectivity index is 1.76. The molecule has 2 aromatic carbocycles. The molecule has 3 rings (SSSR count). The molecule has 1 amide bonds. The Morgan fingerprint density at radius 3 is 2.81 bits per heavy atom. The molecule has 6 nitrogen and oxygen atoms in total. The number of carbonyl (C=O) groups is 1. The zero-order chi connectivity index (χ0) is 19.4. The van der Waals surface area contributed by atoms with Crippen LogP contribution in [0.1, 0.15) is 12.5 Å². The lowest BCUT2D eigenvalue weighted by Crippen LogP contribution is -2.23. The van der Waals surface area contributed by atoms with Crippen LogP contribution in [0, 0.1) is 6.92 Å². The Kier molecular flexibility index (Phi) is 6.03. The van der Waals surface area contributed by atoms with E-state index in [4.69, 9.17) is 16.3 Å². The minimum atomic E-state index is -0.402. The molecule has 0 aliphatic heterocycles. The number of aromatic nitrogens is 3. The number of benzene rings is 2. The van der Waals surface area contributed by atoms with E-state index < -0.39 is 5.25 Å². The number of ether oxygens (including phenoxy) is 1. The van der Waals surface area contributed by atoms with Gasteiger partial charge in [-0.05, 0) is 43.7 Å². The molecule has 0 aliphatic carbocycles. The second-order valence-corrected chi connectivity index (χ2v) is 7.61. The van der Waals surface area contributed by atoms with Gasteiger partial charge in [0.25, 0.3) is 0 Å². The number of hydrogen-bond donors (Lipinski definition) is 1. The molecule has 3 aromatic rings. The smallest absolute Gasteiger partial charge is 0.237 e. The van der Waals surface area contributed by atoms with Crippen LogP contribution >= 0.6 is 23.4 Å². The number of hydrogen-bond acceptors (Lipinski definition) is 5. The highest BCUT2D eigenvalue weighted by Crippen LogP contribution is 2.30. The van der Waals surface area contributed by atoms with Crippen LogP contribution in [-0.4, -0.2) is 33.0 Å². The van der Waals surface area contributed by atoms with Crippen molar-refractivity contribution in [2.24, 2.45) is 0 Å². The maximum atomic E-state index is 12.6. The summed E-state index contributed by atoms with van der Waals surface area (Å²) in [5, 5.41) is 11.8. The molecule has 1 atom stereocenters. The number of carbonyl (C=O) groups excluding carboxylic acids is 1. The molecule has 0 bridgehead atoms. The summed E-state index contributed by atoms with van der Waals surface area (Å²) in [7, 11) is 1.54. The number of thioether (sulfide) groups is 1. The van der Waals surface area contributed by atoms with E-state index in [0.717, 1.165) is 11.3 Å². The van der Waals surface area contributed by atoms with Gasteiger partial charge in [0.15, 0.2) is 5.16 Å². The zero-order valence-corrected chi connectivity index (χ0v) is 16.7. The Hall–Kier alpha value is -2.51. The van der Waals surface area contributed by atoms with Crippen LogP contribution in [0.15, 0.2) is 53.9 Å². The number of halogens is 1. The van der Waals surface area contributed by atoms with Gasteiger partial charge in [0.1, 0.15) is 12.1 Å².